The van der Waals surface area contributed by atoms with Crippen LogP contribution in [0.2, 0.25) is 0 Å². The van der Waals surface area contributed by atoms with Crippen molar-refractivity contribution in [2.24, 2.45) is 5.92 Å². The van der Waals surface area contributed by atoms with Gasteiger partial charge in [0.25, 0.3) is 0 Å². The van der Waals surface area contributed by atoms with Gasteiger partial charge in [0.05, 0.1) is 5.69 Å². The van der Waals surface area contributed by atoms with Gasteiger partial charge in [-0.3, -0.25) is 4.90 Å². The van der Waals surface area contributed by atoms with Crippen LogP contribution >= 0.6 is 0 Å². The maximum Gasteiger partial charge on any atom is 0.414 e. The number of ether oxygens (including phenoxy) is 1. The predicted octanol–water partition coefficient (Wildman–Crippen LogP) is 3.33. The number of nitrogens with zero attached hydrogens (tertiary/aromatic N) is 2. The molecule has 1 aromatic carbocycles. The van der Waals surface area contributed by atoms with Gasteiger partial charge in [0.2, 0.25) is 0 Å². The van der Waals surface area contributed by atoms with Crippen LogP contribution in [0.15, 0.2) is 30.1 Å². The molecule has 0 aromatic heterocycles. The molecule has 1 fully saturated rings. The number of benzene rings is 1. The molecule has 1 atom stereocenters. The fraction of sp³-hybridized carbons (Fsp3) is 0.471. The summed E-state index contributed by atoms with van der Waals surface area (Å²) in [4.78, 5) is 15.7. The third-order valence-electron chi connectivity index (χ3n) is 4.03. The SMILES string of the molecule is CC(C)(C)OC(=O)N1C=C2[C@@H](CCN2c2ccc(N)cc2F)C1. The van der Waals surface area contributed by atoms with Gasteiger partial charge in [-0.15, -0.1) is 0 Å². The summed E-state index contributed by atoms with van der Waals surface area (Å²) in [5, 5.41) is 0. The monoisotopic (exact) mass is 319 g/mol. The molecule has 0 radical (unpaired) electrons. The molecule has 0 aliphatic carbocycles. The third kappa shape index (κ3) is 3.11. The third-order valence-corrected chi connectivity index (χ3v) is 4.03. The van der Waals surface area contributed by atoms with E-state index in [9.17, 15) is 9.18 Å². The normalized spacial score (nSPS) is 20.5. The lowest BCUT2D eigenvalue weighted by Crippen LogP contribution is -2.33. The van der Waals surface area contributed by atoms with E-state index in [4.69, 9.17) is 10.5 Å². The molecule has 0 saturated carbocycles. The molecule has 124 valence electrons. The van der Waals surface area contributed by atoms with Crippen LogP contribution in [0.4, 0.5) is 20.6 Å². The van der Waals surface area contributed by atoms with E-state index in [1.54, 1.807) is 23.2 Å². The zero-order chi connectivity index (χ0) is 16.8. The summed E-state index contributed by atoms with van der Waals surface area (Å²) >= 11 is 0. The van der Waals surface area contributed by atoms with E-state index in [2.05, 4.69) is 0 Å². The largest absolute Gasteiger partial charge is 0.443 e. The minimum atomic E-state index is -0.532. The molecule has 5 nitrogen and oxygen atoms in total. The Bertz CT molecular complexity index is 666. The highest BCUT2D eigenvalue weighted by atomic mass is 19.1. The van der Waals surface area contributed by atoms with Crippen LogP contribution < -0.4 is 10.6 Å². The van der Waals surface area contributed by atoms with E-state index in [1.165, 1.54) is 6.07 Å². The lowest BCUT2D eigenvalue weighted by molar-refractivity contribution is 0.0338. The number of nitrogen functional groups attached to an aromatic ring is 1. The second-order valence-corrected chi connectivity index (χ2v) is 7.03. The molecule has 3 rings (SSSR count). The summed E-state index contributed by atoms with van der Waals surface area (Å²) in [6.07, 6.45) is 2.30. The highest BCUT2D eigenvalue weighted by molar-refractivity contribution is 5.71. The van der Waals surface area contributed by atoms with Gasteiger partial charge in [-0.1, -0.05) is 0 Å². The fourth-order valence-corrected chi connectivity index (χ4v) is 3.04. The number of carbonyl (C=O) groups excluding carboxylic acids is 1. The zero-order valence-electron chi connectivity index (χ0n) is 13.7. The Kier molecular flexibility index (Phi) is 3.70. The van der Waals surface area contributed by atoms with Crippen molar-refractivity contribution >= 4 is 17.5 Å². The maximum atomic E-state index is 14.2. The molecule has 2 aliphatic heterocycles. The predicted molar refractivity (Wildman–Crippen MR) is 87.3 cm³/mol. The minimum absolute atomic E-state index is 0.222. The van der Waals surface area contributed by atoms with Crippen LogP contribution in [-0.2, 0) is 4.74 Å². The van der Waals surface area contributed by atoms with Crippen LogP contribution in [-0.4, -0.2) is 29.7 Å². The van der Waals surface area contributed by atoms with E-state index in [0.29, 0.717) is 17.9 Å². The second-order valence-electron chi connectivity index (χ2n) is 7.03. The molecular weight excluding hydrogens is 297 g/mol. The van der Waals surface area contributed by atoms with Crippen LogP contribution in [0.25, 0.3) is 0 Å². The number of fused-ring (bicyclic) bond motifs is 1. The molecule has 1 aromatic rings. The fourth-order valence-electron chi connectivity index (χ4n) is 3.04. The number of amides is 1. The average molecular weight is 319 g/mol. The zero-order valence-corrected chi connectivity index (χ0v) is 13.7. The number of rotatable bonds is 1. The number of hydrogen-bond acceptors (Lipinski definition) is 4. The Morgan fingerprint density at radius 3 is 2.78 bits per heavy atom. The van der Waals surface area contributed by atoms with E-state index < -0.39 is 5.60 Å². The van der Waals surface area contributed by atoms with Crippen molar-refractivity contribution < 1.29 is 13.9 Å². The molecule has 2 N–H and O–H groups in total. The van der Waals surface area contributed by atoms with Gasteiger partial charge in [-0.05, 0) is 45.4 Å². The number of hydrogen-bond donors (Lipinski definition) is 1. The molecule has 0 unspecified atom stereocenters. The first-order chi connectivity index (χ1) is 10.7. The van der Waals surface area contributed by atoms with E-state index in [-0.39, 0.29) is 17.8 Å². The van der Waals surface area contributed by atoms with Gasteiger partial charge < -0.3 is 15.4 Å². The van der Waals surface area contributed by atoms with Crippen molar-refractivity contribution in [2.75, 3.05) is 23.7 Å². The highest BCUT2D eigenvalue weighted by Gasteiger charge is 2.38. The number of nitrogens with two attached hydrogens (primary N) is 1. The van der Waals surface area contributed by atoms with Gasteiger partial charge in [-0.25, -0.2) is 9.18 Å². The lowest BCUT2D eigenvalue weighted by Gasteiger charge is -2.24. The molecule has 1 amide bonds. The van der Waals surface area contributed by atoms with E-state index in [1.807, 2.05) is 25.7 Å². The van der Waals surface area contributed by atoms with Crippen molar-refractivity contribution in [3.8, 4) is 0 Å². The van der Waals surface area contributed by atoms with Crippen LogP contribution in [0.5, 0.6) is 0 Å². The van der Waals surface area contributed by atoms with Crippen LogP contribution in [0.3, 0.4) is 0 Å². The first-order valence-electron chi connectivity index (χ1n) is 7.78. The molecule has 6 heteroatoms. The summed E-state index contributed by atoms with van der Waals surface area (Å²) in [6, 6.07) is 4.70. The van der Waals surface area contributed by atoms with Crippen molar-refractivity contribution in [3.63, 3.8) is 0 Å². The Balaban J connectivity index is 1.82. The topological polar surface area (TPSA) is 58.8 Å². The molecule has 23 heavy (non-hydrogen) atoms. The Morgan fingerprint density at radius 2 is 2.13 bits per heavy atom. The van der Waals surface area contributed by atoms with E-state index in [0.717, 1.165) is 18.7 Å². The summed E-state index contributed by atoms with van der Waals surface area (Å²) in [5.74, 6) is -0.123. The molecule has 2 heterocycles. The van der Waals surface area contributed by atoms with Crippen LogP contribution in [0.1, 0.15) is 27.2 Å². The smallest absolute Gasteiger partial charge is 0.414 e. The van der Waals surface area contributed by atoms with Gasteiger partial charge in [0, 0.05) is 36.6 Å². The molecule has 1 saturated heterocycles. The summed E-state index contributed by atoms with van der Waals surface area (Å²) in [6.45, 7) is 6.83. The quantitative estimate of drug-likeness (QED) is 0.807. The van der Waals surface area contributed by atoms with Crippen LogP contribution in [0, 0.1) is 11.7 Å². The molecule has 2 aliphatic rings. The van der Waals surface area contributed by atoms with Gasteiger partial charge in [0.1, 0.15) is 11.4 Å². The first kappa shape index (κ1) is 15.6. The Labute approximate surface area is 135 Å². The average Bonchev–Trinajstić information content (AvgIpc) is 2.97. The summed E-state index contributed by atoms with van der Waals surface area (Å²) in [7, 11) is 0. The van der Waals surface area contributed by atoms with Crippen molar-refractivity contribution in [1.82, 2.24) is 4.90 Å². The van der Waals surface area contributed by atoms with Crippen molar-refractivity contribution in [2.45, 2.75) is 32.8 Å². The molecule has 0 bridgehead atoms. The molecule has 0 spiro atoms. The second kappa shape index (κ2) is 5.44. The van der Waals surface area contributed by atoms with Crippen molar-refractivity contribution in [1.29, 1.82) is 0 Å². The van der Waals surface area contributed by atoms with E-state index >= 15 is 0 Å². The maximum absolute atomic E-state index is 14.2. The van der Waals surface area contributed by atoms with Gasteiger partial charge in [-0.2, -0.15) is 0 Å². The number of carbonyl (C=O) groups is 1. The Hall–Kier alpha value is -2.24. The number of halogens is 1. The summed E-state index contributed by atoms with van der Waals surface area (Å²) in [5.41, 5.74) is 6.94. The van der Waals surface area contributed by atoms with Gasteiger partial charge in [0.15, 0.2) is 0 Å². The standard InChI is InChI=1S/C17H22FN3O2/c1-17(2,3)23-16(22)20-9-11-6-7-21(15(11)10-20)14-5-4-12(19)8-13(14)18/h4-5,8,10-11H,6-7,9,19H2,1-3H3/t11-/m0/s1. The lowest BCUT2D eigenvalue weighted by atomic mass is 10.1. The van der Waals surface area contributed by atoms with Gasteiger partial charge >= 0.3 is 6.09 Å². The Morgan fingerprint density at radius 1 is 1.39 bits per heavy atom. The summed E-state index contributed by atoms with van der Waals surface area (Å²) < 4.78 is 19.6. The minimum Gasteiger partial charge on any atom is -0.443 e. The first-order valence-corrected chi connectivity index (χ1v) is 7.78. The number of anilines is 2. The van der Waals surface area contributed by atoms with Crippen molar-refractivity contribution in [3.05, 3.63) is 35.9 Å². The highest BCUT2D eigenvalue weighted by Crippen LogP contribution is 2.39. The molecular formula is C17H22FN3O2.